The molecule has 136 valence electrons. The van der Waals surface area contributed by atoms with E-state index in [2.05, 4.69) is 0 Å². The van der Waals surface area contributed by atoms with Crippen LogP contribution in [0, 0.1) is 12.7 Å². The van der Waals surface area contributed by atoms with Crippen molar-refractivity contribution in [3.63, 3.8) is 0 Å². The van der Waals surface area contributed by atoms with Crippen molar-refractivity contribution in [2.75, 3.05) is 0 Å². The molecule has 2 aromatic carbocycles. The van der Waals surface area contributed by atoms with Gasteiger partial charge in [0.1, 0.15) is 29.2 Å². The molecule has 0 N–H and O–H groups in total. The number of benzene rings is 2. The van der Waals surface area contributed by atoms with Crippen molar-refractivity contribution in [2.45, 2.75) is 57.7 Å². The van der Waals surface area contributed by atoms with Gasteiger partial charge in [-0.3, -0.25) is 4.79 Å². The van der Waals surface area contributed by atoms with Crippen molar-refractivity contribution in [3.8, 4) is 11.5 Å². The zero-order valence-corrected chi connectivity index (χ0v) is 15.0. The van der Waals surface area contributed by atoms with Crippen molar-refractivity contribution >= 4 is 5.78 Å². The number of aryl methyl sites for hydroxylation is 1. The Bertz CT molecular complexity index is 820. The summed E-state index contributed by atoms with van der Waals surface area (Å²) in [4.78, 5) is 11.3. The first-order valence-corrected chi connectivity index (χ1v) is 9.33. The van der Waals surface area contributed by atoms with Crippen LogP contribution >= 0.6 is 0 Å². The highest BCUT2D eigenvalue weighted by atomic mass is 19.1. The minimum Gasteiger partial charge on any atom is -0.490 e. The van der Waals surface area contributed by atoms with E-state index < -0.39 is 0 Å². The van der Waals surface area contributed by atoms with E-state index in [1.807, 2.05) is 24.3 Å². The molecule has 1 aliphatic carbocycles. The van der Waals surface area contributed by atoms with Crippen LogP contribution < -0.4 is 9.47 Å². The van der Waals surface area contributed by atoms with Crippen LogP contribution in [0.25, 0.3) is 0 Å². The fourth-order valence-electron chi connectivity index (χ4n) is 3.85. The summed E-state index contributed by atoms with van der Waals surface area (Å²) in [6, 6.07) is 11.1. The Labute approximate surface area is 153 Å². The molecule has 1 aliphatic heterocycles. The summed E-state index contributed by atoms with van der Waals surface area (Å²) in [5.74, 6) is 1.83. The summed E-state index contributed by atoms with van der Waals surface area (Å²) >= 11 is 0. The third kappa shape index (κ3) is 3.46. The molecule has 1 atom stereocenters. The molecule has 2 aromatic rings. The summed E-state index contributed by atoms with van der Waals surface area (Å²) in [5.41, 5.74) is 2.70. The molecule has 2 aliphatic rings. The fraction of sp³-hybridized carbons (Fsp3) is 0.409. The van der Waals surface area contributed by atoms with Crippen molar-refractivity contribution in [1.29, 1.82) is 0 Å². The lowest BCUT2D eigenvalue weighted by atomic mass is 9.94. The van der Waals surface area contributed by atoms with E-state index in [0.717, 1.165) is 48.3 Å². The molecular weight excluding hydrogens is 331 g/mol. The minimum atomic E-state index is -0.188. The first-order chi connectivity index (χ1) is 12.6. The largest absolute Gasteiger partial charge is 0.490 e. The van der Waals surface area contributed by atoms with E-state index in [4.69, 9.17) is 9.47 Å². The van der Waals surface area contributed by atoms with Crippen molar-refractivity contribution in [1.82, 2.24) is 0 Å². The Balaban J connectivity index is 1.47. The van der Waals surface area contributed by atoms with Gasteiger partial charge >= 0.3 is 0 Å². The van der Waals surface area contributed by atoms with E-state index >= 15 is 0 Å². The topological polar surface area (TPSA) is 35.5 Å². The number of ether oxygens (including phenoxy) is 2. The summed E-state index contributed by atoms with van der Waals surface area (Å²) < 4.78 is 26.0. The molecule has 1 fully saturated rings. The predicted molar refractivity (Wildman–Crippen MR) is 97.2 cm³/mol. The van der Waals surface area contributed by atoms with Gasteiger partial charge < -0.3 is 9.47 Å². The van der Waals surface area contributed by atoms with Gasteiger partial charge in [0.15, 0.2) is 0 Å². The number of hydrogen-bond acceptors (Lipinski definition) is 3. The van der Waals surface area contributed by atoms with Gasteiger partial charge in [0, 0.05) is 12.8 Å². The zero-order chi connectivity index (χ0) is 18.1. The fourth-order valence-corrected chi connectivity index (χ4v) is 3.85. The maximum Gasteiger partial charge on any atom is 0.133 e. The van der Waals surface area contributed by atoms with E-state index in [0.29, 0.717) is 24.2 Å². The highest BCUT2D eigenvalue weighted by Crippen LogP contribution is 2.38. The maximum atomic E-state index is 13.8. The van der Waals surface area contributed by atoms with Gasteiger partial charge in [0.05, 0.1) is 6.10 Å². The van der Waals surface area contributed by atoms with E-state index in [1.54, 1.807) is 13.0 Å². The summed E-state index contributed by atoms with van der Waals surface area (Å²) in [6.45, 7) is 1.80. The van der Waals surface area contributed by atoms with E-state index in [1.165, 1.54) is 6.07 Å². The third-order valence-corrected chi connectivity index (χ3v) is 5.43. The summed E-state index contributed by atoms with van der Waals surface area (Å²) in [7, 11) is 0. The Hall–Kier alpha value is -2.36. The molecule has 0 amide bonds. The number of rotatable bonds is 3. The highest BCUT2D eigenvalue weighted by molar-refractivity contribution is 5.79. The maximum absolute atomic E-state index is 13.8. The van der Waals surface area contributed by atoms with Crippen LogP contribution in [0.5, 0.6) is 11.5 Å². The van der Waals surface area contributed by atoms with Crippen molar-refractivity contribution in [2.24, 2.45) is 0 Å². The smallest absolute Gasteiger partial charge is 0.133 e. The Kier molecular flexibility index (Phi) is 4.66. The number of halogens is 1. The molecule has 0 aromatic heterocycles. The van der Waals surface area contributed by atoms with Gasteiger partial charge in [-0.1, -0.05) is 12.1 Å². The van der Waals surface area contributed by atoms with Gasteiger partial charge in [-0.2, -0.15) is 0 Å². The van der Waals surface area contributed by atoms with E-state index in [9.17, 15) is 9.18 Å². The van der Waals surface area contributed by atoms with Crippen LogP contribution in [-0.4, -0.2) is 11.9 Å². The summed E-state index contributed by atoms with van der Waals surface area (Å²) in [5, 5.41) is 0. The highest BCUT2D eigenvalue weighted by Gasteiger charge is 2.25. The third-order valence-electron chi connectivity index (χ3n) is 5.43. The molecule has 0 bridgehead atoms. The molecule has 3 nitrogen and oxygen atoms in total. The number of hydrogen-bond donors (Lipinski definition) is 0. The Morgan fingerprint density at radius 2 is 1.88 bits per heavy atom. The zero-order valence-electron chi connectivity index (χ0n) is 15.0. The first kappa shape index (κ1) is 17.1. The van der Waals surface area contributed by atoms with E-state index in [-0.39, 0.29) is 18.0 Å². The predicted octanol–water partition coefficient (Wildman–Crippen LogP) is 5.09. The number of carbonyl (C=O) groups excluding carboxylic acids is 1. The number of carbonyl (C=O) groups is 1. The molecule has 0 radical (unpaired) electrons. The molecule has 1 heterocycles. The summed E-state index contributed by atoms with van der Waals surface area (Å²) in [6.07, 6.45) is 4.53. The lowest BCUT2D eigenvalue weighted by molar-refractivity contribution is -0.121. The quantitative estimate of drug-likeness (QED) is 0.770. The van der Waals surface area contributed by atoms with Crippen LogP contribution in [0.3, 0.4) is 0 Å². The van der Waals surface area contributed by atoms with Gasteiger partial charge in [-0.15, -0.1) is 0 Å². The molecule has 1 unspecified atom stereocenters. The second-order valence-electron chi connectivity index (χ2n) is 7.22. The van der Waals surface area contributed by atoms with Crippen LogP contribution in [-0.2, 0) is 11.2 Å². The average molecular weight is 354 g/mol. The van der Waals surface area contributed by atoms with Gasteiger partial charge in [-0.05, 0) is 73.6 Å². The van der Waals surface area contributed by atoms with Crippen LogP contribution in [0.2, 0.25) is 0 Å². The second kappa shape index (κ2) is 7.10. The normalized spacial score (nSPS) is 20.4. The van der Waals surface area contributed by atoms with Crippen LogP contribution in [0.1, 0.15) is 54.9 Å². The van der Waals surface area contributed by atoms with Crippen LogP contribution in [0.15, 0.2) is 36.4 Å². The monoisotopic (exact) mass is 354 g/mol. The van der Waals surface area contributed by atoms with Crippen molar-refractivity contribution < 1.29 is 18.7 Å². The number of Topliss-reactive ketones (excluding diaryl/α,β-unsaturated/α-hetero) is 1. The molecule has 26 heavy (non-hydrogen) atoms. The Morgan fingerprint density at radius 1 is 1.08 bits per heavy atom. The Morgan fingerprint density at radius 3 is 2.69 bits per heavy atom. The van der Waals surface area contributed by atoms with Crippen LogP contribution in [0.4, 0.5) is 4.39 Å². The first-order valence-electron chi connectivity index (χ1n) is 9.33. The minimum absolute atomic E-state index is 0.116. The van der Waals surface area contributed by atoms with Gasteiger partial charge in [0.2, 0.25) is 0 Å². The molecule has 4 rings (SSSR count). The van der Waals surface area contributed by atoms with Gasteiger partial charge in [-0.25, -0.2) is 4.39 Å². The SMILES string of the molecule is Cc1c(F)cccc1C1CCc2cc(OC3CCC(=O)CC3)ccc2O1. The van der Waals surface area contributed by atoms with Gasteiger partial charge in [0.25, 0.3) is 0 Å². The molecule has 0 saturated heterocycles. The molecule has 0 spiro atoms. The molecule has 1 saturated carbocycles. The van der Waals surface area contributed by atoms with Crippen molar-refractivity contribution in [3.05, 3.63) is 58.9 Å². The number of ketones is 1. The number of fused-ring (bicyclic) bond motifs is 1. The molecular formula is C22H23FO3. The standard InChI is InChI=1S/C22H23FO3/c1-14-19(3-2-4-20(14)23)22-11-5-15-13-18(10-12-21(15)26-22)25-17-8-6-16(24)7-9-17/h2-4,10,12-13,17,22H,5-9,11H2,1H3. The second-order valence-corrected chi connectivity index (χ2v) is 7.22. The molecule has 4 heteroatoms. The lowest BCUT2D eigenvalue weighted by Crippen LogP contribution is -2.24. The lowest BCUT2D eigenvalue weighted by Gasteiger charge is -2.28. The average Bonchev–Trinajstić information content (AvgIpc) is 2.65.